The first-order valence-electron chi connectivity index (χ1n) is 4.40. The predicted molar refractivity (Wildman–Crippen MR) is 54.6 cm³/mol. The largest absolute Gasteiger partial charge is 0.392 e. The van der Waals surface area contributed by atoms with Gasteiger partial charge in [-0.15, -0.1) is 0 Å². The summed E-state index contributed by atoms with van der Waals surface area (Å²) < 4.78 is 0. The van der Waals surface area contributed by atoms with Gasteiger partial charge < -0.3 is 16.2 Å². The van der Waals surface area contributed by atoms with Gasteiger partial charge in [0.25, 0.3) is 0 Å². The highest BCUT2D eigenvalue weighted by molar-refractivity contribution is 5.94. The molecule has 0 aliphatic carbocycles. The number of amides is 1. The van der Waals surface area contributed by atoms with Crippen LogP contribution in [0.4, 0.5) is 5.69 Å². The Morgan fingerprint density at radius 2 is 2.21 bits per heavy atom. The van der Waals surface area contributed by atoms with Gasteiger partial charge in [0.15, 0.2) is 0 Å². The number of anilines is 1. The van der Waals surface area contributed by atoms with Gasteiger partial charge in [0.1, 0.15) is 0 Å². The van der Waals surface area contributed by atoms with Crippen LogP contribution in [-0.4, -0.2) is 17.1 Å². The minimum atomic E-state index is -0.554. The van der Waals surface area contributed by atoms with Crippen LogP contribution >= 0.6 is 0 Å². The van der Waals surface area contributed by atoms with Gasteiger partial charge >= 0.3 is 0 Å². The summed E-state index contributed by atoms with van der Waals surface area (Å²) in [4.78, 5) is 11.3. The Morgan fingerprint density at radius 1 is 1.57 bits per heavy atom. The summed E-state index contributed by atoms with van der Waals surface area (Å²) in [7, 11) is 0. The Balaban J connectivity index is 2.80. The first-order valence-corrected chi connectivity index (χ1v) is 4.40. The molecule has 0 aromatic heterocycles. The second-order valence-corrected chi connectivity index (χ2v) is 3.09. The first-order chi connectivity index (χ1) is 6.65. The molecule has 0 aliphatic heterocycles. The fourth-order valence-corrected chi connectivity index (χ4v) is 1.03. The minimum absolute atomic E-state index is 0.102. The molecule has 0 bridgehead atoms. The lowest BCUT2D eigenvalue weighted by Crippen LogP contribution is -2.32. The van der Waals surface area contributed by atoms with Crippen molar-refractivity contribution in [2.75, 3.05) is 5.32 Å². The maximum absolute atomic E-state index is 11.3. The molecule has 0 heterocycles. The molecule has 0 aliphatic rings. The second kappa shape index (κ2) is 4.74. The van der Waals surface area contributed by atoms with E-state index < -0.39 is 6.04 Å². The third-order valence-corrected chi connectivity index (χ3v) is 1.86. The molecule has 0 spiro atoms. The third kappa shape index (κ3) is 2.55. The summed E-state index contributed by atoms with van der Waals surface area (Å²) >= 11 is 0. The van der Waals surface area contributed by atoms with Crippen molar-refractivity contribution in [3.63, 3.8) is 0 Å². The van der Waals surface area contributed by atoms with Crippen LogP contribution < -0.4 is 11.1 Å². The molecule has 14 heavy (non-hydrogen) atoms. The van der Waals surface area contributed by atoms with Crippen molar-refractivity contribution in [1.29, 1.82) is 0 Å². The van der Waals surface area contributed by atoms with Gasteiger partial charge in [0, 0.05) is 11.3 Å². The smallest absolute Gasteiger partial charge is 0.241 e. The van der Waals surface area contributed by atoms with E-state index in [0.29, 0.717) is 11.3 Å². The highest BCUT2D eigenvalue weighted by atomic mass is 16.3. The van der Waals surface area contributed by atoms with Crippen LogP contribution in [-0.2, 0) is 11.4 Å². The average Bonchev–Trinajstić information content (AvgIpc) is 2.18. The van der Waals surface area contributed by atoms with E-state index in [9.17, 15) is 4.79 Å². The maximum atomic E-state index is 11.3. The van der Waals surface area contributed by atoms with Gasteiger partial charge in [-0.1, -0.05) is 18.2 Å². The van der Waals surface area contributed by atoms with E-state index in [4.69, 9.17) is 10.8 Å². The number of para-hydroxylation sites is 1. The van der Waals surface area contributed by atoms with Gasteiger partial charge in [-0.05, 0) is 13.0 Å². The number of rotatable bonds is 3. The van der Waals surface area contributed by atoms with E-state index in [0.717, 1.165) is 0 Å². The highest BCUT2D eigenvalue weighted by Crippen LogP contribution is 2.14. The normalized spacial score (nSPS) is 12.2. The minimum Gasteiger partial charge on any atom is -0.392 e. The number of benzene rings is 1. The van der Waals surface area contributed by atoms with Crippen molar-refractivity contribution in [3.8, 4) is 0 Å². The van der Waals surface area contributed by atoms with Crippen molar-refractivity contribution in [2.24, 2.45) is 5.73 Å². The van der Waals surface area contributed by atoms with E-state index in [1.165, 1.54) is 0 Å². The molecule has 1 rings (SSSR count). The topological polar surface area (TPSA) is 75.4 Å². The highest BCUT2D eigenvalue weighted by Gasteiger charge is 2.09. The predicted octanol–water partition coefficient (Wildman–Crippen LogP) is 0.465. The van der Waals surface area contributed by atoms with Crippen LogP contribution in [0, 0.1) is 0 Å². The van der Waals surface area contributed by atoms with Gasteiger partial charge in [0.2, 0.25) is 5.91 Å². The summed E-state index contributed by atoms with van der Waals surface area (Å²) in [5.41, 5.74) is 6.69. The Kier molecular flexibility index (Phi) is 3.62. The van der Waals surface area contributed by atoms with Crippen molar-refractivity contribution < 1.29 is 9.90 Å². The van der Waals surface area contributed by atoms with Crippen LogP contribution in [0.5, 0.6) is 0 Å². The summed E-state index contributed by atoms with van der Waals surface area (Å²) in [6.07, 6.45) is 0. The lowest BCUT2D eigenvalue weighted by Gasteiger charge is -2.10. The molecule has 4 nitrogen and oxygen atoms in total. The quantitative estimate of drug-likeness (QED) is 0.654. The van der Waals surface area contributed by atoms with Gasteiger partial charge in [-0.3, -0.25) is 4.79 Å². The zero-order valence-corrected chi connectivity index (χ0v) is 8.03. The molecule has 0 fully saturated rings. The molecule has 4 heteroatoms. The number of hydrogen-bond donors (Lipinski definition) is 3. The molecule has 0 unspecified atom stereocenters. The number of nitrogens with two attached hydrogens (primary N) is 1. The summed E-state index contributed by atoms with van der Waals surface area (Å²) in [5, 5.41) is 11.6. The lowest BCUT2D eigenvalue weighted by molar-refractivity contribution is -0.117. The van der Waals surface area contributed by atoms with Crippen molar-refractivity contribution in [3.05, 3.63) is 29.8 Å². The molecule has 0 radical (unpaired) electrons. The van der Waals surface area contributed by atoms with Crippen LogP contribution in [0.15, 0.2) is 24.3 Å². The molecule has 0 saturated carbocycles. The number of aliphatic hydroxyl groups is 1. The standard InChI is InChI=1S/C10H14N2O2/c1-7(11)10(14)12-9-5-3-2-4-8(9)6-13/h2-5,7,13H,6,11H2,1H3,(H,12,14)/t7-/m1/s1. The van der Waals surface area contributed by atoms with Gasteiger partial charge in [-0.2, -0.15) is 0 Å². The molecule has 4 N–H and O–H groups in total. The van der Waals surface area contributed by atoms with Crippen LogP contribution in [0.3, 0.4) is 0 Å². The van der Waals surface area contributed by atoms with E-state index in [2.05, 4.69) is 5.32 Å². The summed E-state index contributed by atoms with van der Waals surface area (Å²) in [5.74, 6) is -0.258. The van der Waals surface area contributed by atoms with Gasteiger partial charge in [-0.25, -0.2) is 0 Å². The molecule has 1 atom stereocenters. The molecule has 1 aromatic rings. The molecular weight excluding hydrogens is 180 g/mol. The fourth-order valence-electron chi connectivity index (χ4n) is 1.03. The Morgan fingerprint density at radius 3 is 2.79 bits per heavy atom. The number of aliphatic hydroxyl groups excluding tert-OH is 1. The maximum Gasteiger partial charge on any atom is 0.241 e. The fraction of sp³-hybridized carbons (Fsp3) is 0.300. The Hall–Kier alpha value is -1.39. The zero-order chi connectivity index (χ0) is 10.6. The van der Waals surface area contributed by atoms with Crippen molar-refractivity contribution in [2.45, 2.75) is 19.6 Å². The number of nitrogens with one attached hydrogen (secondary N) is 1. The summed E-state index contributed by atoms with van der Waals surface area (Å²) in [6.45, 7) is 1.51. The SMILES string of the molecule is C[C@@H](N)C(=O)Nc1ccccc1CO. The van der Waals surface area contributed by atoms with Crippen molar-refractivity contribution >= 4 is 11.6 Å². The number of hydrogen-bond acceptors (Lipinski definition) is 3. The monoisotopic (exact) mass is 194 g/mol. The van der Waals surface area contributed by atoms with Crippen molar-refractivity contribution in [1.82, 2.24) is 0 Å². The van der Waals surface area contributed by atoms with E-state index in [1.807, 2.05) is 0 Å². The molecular formula is C10H14N2O2. The lowest BCUT2D eigenvalue weighted by atomic mass is 10.2. The Bertz CT molecular complexity index is 324. The third-order valence-electron chi connectivity index (χ3n) is 1.86. The van der Waals surface area contributed by atoms with Crippen LogP contribution in [0.1, 0.15) is 12.5 Å². The molecule has 1 aromatic carbocycles. The van der Waals surface area contributed by atoms with E-state index >= 15 is 0 Å². The zero-order valence-electron chi connectivity index (χ0n) is 8.03. The van der Waals surface area contributed by atoms with E-state index in [1.54, 1.807) is 31.2 Å². The Labute approximate surface area is 82.7 Å². The first kappa shape index (κ1) is 10.7. The number of carbonyl (C=O) groups excluding carboxylic acids is 1. The summed E-state index contributed by atoms with van der Waals surface area (Å²) in [6, 6.07) is 6.51. The molecule has 1 amide bonds. The van der Waals surface area contributed by atoms with E-state index in [-0.39, 0.29) is 12.5 Å². The van der Waals surface area contributed by atoms with Crippen LogP contribution in [0.25, 0.3) is 0 Å². The molecule has 0 saturated heterocycles. The second-order valence-electron chi connectivity index (χ2n) is 3.09. The van der Waals surface area contributed by atoms with Gasteiger partial charge in [0.05, 0.1) is 12.6 Å². The average molecular weight is 194 g/mol. The molecule has 76 valence electrons. The van der Waals surface area contributed by atoms with Crippen LogP contribution in [0.2, 0.25) is 0 Å². The number of carbonyl (C=O) groups is 1.